The van der Waals surface area contributed by atoms with Gasteiger partial charge in [-0.1, -0.05) is 66.8 Å². The number of nitrogens with zero attached hydrogens (tertiary/aromatic N) is 4. The molecular formula is C26H21N5OS2. The Hall–Kier alpha value is -3.36. The molecule has 1 aliphatic rings. The largest absolute Gasteiger partial charge is 0.338 e. The van der Waals surface area contributed by atoms with Gasteiger partial charge < -0.3 is 4.98 Å². The van der Waals surface area contributed by atoms with Crippen LogP contribution in [0, 0.1) is 6.92 Å². The van der Waals surface area contributed by atoms with E-state index in [4.69, 9.17) is 4.98 Å². The van der Waals surface area contributed by atoms with Crippen molar-refractivity contribution in [2.75, 3.05) is 4.90 Å². The molecule has 3 aromatic carbocycles. The van der Waals surface area contributed by atoms with Crippen molar-refractivity contribution in [2.45, 2.75) is 40.5 Å². The summed E-state index contributed by atoms with van der Waals surface area (Å²) in [5.74, 6) is 0.0173. The highest BCUT2D eigenvalue weighted by Crippen LogP contribution is 2.48. The number of nitrogens with one attached hydrogen (secondary N) is 1. The minimum absolute atomic E-state index is 0.0173. The number of para-hydroxylation sites is 2. The van der Waals surface area contributed by atoms with Crippen molar-refractivity contribution in [3.8, 4) is 0 Å². The fourth-order valence-electron chi connectivity index (χ4n) is 4.25. The highest BCUT2D eigenvalue weighted by molar-refractivity contribution is 8.00. The van der Waals surface area contributed by atoms with E-state index < -0.39 is 0 Å². The average molecular weight is 484 g/mol. The third-order valence-corrected chi connectivity index (χ3v) is 8.23. The third kappa shape index (κ3) is 3.54. The first kappa shape index (κ1) is 21.2. The minimum Gasteiger partial charge on any atom is -0.338 e. The summed E-state index contributed by atoms with van der Waals surface area (Å²) < 4.78 is 0. The predicted octanol–water partition coefficient (Wildman–Crippen LogP) is 6.51. The zero-order valence-electron chi connectivity index (χ0n) is 18.6. The minimum atomic E-state index is -0.352. The summed E-state index contributed by atoms with van der Waals surface area (Å²) in [6.45, 7) is 4.07. The summed E-state index contributed by atoms with van der Waals surface area (Å²) in [5, 5.41) is 9.94. The van der Waals surface area contributed by atoms with E-state index in [-0.39, 0.29) is 11.2 Å². The second-order valence-corrected chi connectivity index (χ2v) is 10.4. The van der Waals surface area contributed by atoms with E-state index in [0.717, 1.165) is 37.6 Å². The van der Waals surface area contributed by atoms with E-state index in [1.807, 2.05) is 54.3 Å². The summed E-state index contributed by atoms with van der Waals surface area (Å²) in [6, 6.07) is 22.2. The van der Waals surface area contributed by atoms with Crippen LogP contribution in [0.2, 0.25) is 0 Å². The zero-order chi connectivity index (χ0) is 23.2. The number of amides is 1. The molecule has 5 aromatic rings. The Morgan fingerprint density at radius 2 is 1.74 bits per heavy atom. The van der Waals surface area contributed by atoms with E-state index in [9.17, 15) is 4.79 Å². The predicted molar refractivity (Wildman–Crippen MR) is 138 cm³/mol. The molecule has 0 saturated heterocycles. The molecule has 1 atom stereocenters. The van der Waals surface area contributed by atoms with E-state index in [0.29, 0.717) is 17.2 Å². The maximum atomic E-state index is 13.9. The lowest BCUT2D eigenvalue weighted by molar-refractivity contribution is -0.117. The molecule has 34 heavy (non-hydrogen) atoms. The smallest absolute Gasteiger partial charge is 0.245 e. The lowest BCUT2D eigenvalue weighted by Gasteiger charge is -2.33. The Balaban J connectivity index is 1.35. The van der Waals surface area contributed by atoms with Gasteiger partial charge >= 0.3 is 0 Å². The molecule has 0 spiro atoms. The molecule has 8 heteroatoms. The number of aromatic nitrogens is 4. The third-order valence-electron chi connectivity index (χ3n) is 5.90. The SMILES string of the molecule is CCC(Sc1nnc2c(n1)[nH]c1cc(C)ccc12)C(=O)N1c2ccccc2Sc2ccccc21. The molecule has 0 saturated carbocycles. The lowest BCUT2D eigenvalue weighted by Crippen LogP contribution is -2.35. The van der Waals surface area contributed by atoms with Gasteiger partial charge in [0, 0.05) is 20.7 Å². The molecule has 0 fully saturated rings. The van der Waals surface area contributed by atoms with Crippen molar-refractivity contribution in [3.63, 3.8) is 0 Å². The molecule has 0 bridgehead atoms. The van der Waals surface area contributed by atoms with E-state index in [1.165, 1.54) is 17.3 Å². The fourth-order valence-corrected chi connectivity index (χ4v) is 6.16. The molecule has 3 heterocycles. The number of hydrogen-bond acceptors (Lipinski definition) is 6. The van der Waals surface area contributed by atoms with Gasteiger partial charge in [0.05, 0.1) is 16.6 Å². The number of fused-ring (bicyclic) bond motifs is 5. The van der Waals surface area contributed by atoms with Crippen LogP contribution in [0.15, 0.2) is 81.7 Å². The van der Waals surface area contributed by atoms with Crippen LogP contribution in [-0.2, 0) is 4.79 Å². The van der Waals surface area contributed by atoms with Crippen LogP contribution in [0.5, 0.6) is 0 Å². The second kappa shape index (κ2) is 8.45. The molecule has 1 N–H and O–H groups in total. The highest BCUT2D eigenvalue weighted by atomic mass is 32.2. The van der Waals surface area contributed by atoms with Crippen LogP contribution in [0.1, 0.15) is 18.9 Å². The molecule has 1 aliphatic heterocycles. The zero-order valence-corrected chi connectivity index (χ0v) is 20.3. The van der Waals surface area contributed by atoms with Gasteiger partial charge in [-0.25, -0.2) is 4.98 Å². The van der Waals surface area contributed by atoms with Crippen LogP contribution in [0.4, 0.5) is 11.4 Å². The molecule has 168 valence electrons. The standard InChI is InChI=1S/C26H21N5OS2/c1-3-20(34-26-28-24-23(29-30-26)16-13-12-15(2)14-17(16)27-24)25(32)31-18-8-4-6-10-21(18)33-22-11-7-5-9-19(22)31/h4-14,20H,3H2,1-2H3,(H,27,28,30). The van der Waals surface area contributed by atoms with Crippen molar-refractivity contribution in [1.82, 2.24) is 20.2 Å². The number of hydrogen-bond donors (Lipinski definition) is 1. The number of anilines is 2. The normalized spacial score (nSPS) is 13.6. The molecular weight excluding hydrogens is 462 g/mol. The van der Waals surface area contributed by atoms with Gasteiger partial charge in [-0.15, -0.1) is 10.2 Å². The molecule has 0 radical (unpaired) electrons. The number of benzene rings is 3. The summed E-state index contributed by atoms with van der Waals surface area (Å²) in [6.07, 6.45) is 0.644. The summed E-state index contributed by atoms with van der Waals surface area (Å²) in [4.78, 5) is 26.0. The van der Waals surface area contributed by atoms with Crippen molar-refractivity contribution in [2.24, 2.45) is 0 Å². The molecule has 1 amide bonds. The number of rotatable bonds is 4. The van der Waals surface area contributed by atoms with Crippen LogP contribution >= 0.6 is 23.5 Å². The van der Waals surface area contributed by atoms with E-state index >= 15 is 0 Å². The average Bonchev–Trinajstić information content (AvgIpc) is 3.22. The maximum Gasteiger partial charge on any atom is 0.245 e. The first-order valence-corrected chi connectivity index (χ1v) is 12.8. The first-order chi connectivity index (χ1) is 16.6. The van der Waals surface area contributed by atoms with Gasteiger partial charge in [0.1, 0.15) is 5.52 Å². The van der Waals surface area contributed by atoms with E-state index in [2.05, 4.69) is 46.4 Å². The number of aryl methyl sites for hydroxylation is 1. The molecule has 1 unspecified atom stereocenters. The van der Waals surface area contributed by atoms with Gasteiger partial charge in [-0.3, -0.25) is 9.69 Å². The highest BCUT2D eigenvalue weighted by Gasteiger charge is 2.33. The van der Waals surface area contributed by atoms with Crippen molar-refractivity contribution < 1.29 is 4.79 Å². The number of carbonyl (C=O) groups is 1. The Morgan fingerprint density at radius 3 is 2.44 bits per heavy atom. The van der Waals surface area contributed by atoms with Gasteiger partial charge in [-0.05, 0) is 49.2 Å². The summed E-state index contributed by atoms with van der Waals surface area (Å²) in [7, 11) is 0. The van der Waals surface area contributed by atoms with Crippen molar-refractivity contribution >= 4 is 62.9 Å². The second-order valence-electron chi connectivity index (χ2n) is 8.19. The first-order valence-electron chi connectivity index (χ1n) is 11.1. The summed E-state index contributed by atoms with van der Waals surface area (Å²) >= 11 is 3.06. The maximum absolute atomic E-state index is 13.9. The van der Waals surface area contributed by atoms with Gasteiger partial charge in [0.25, 0.3) is 0 Å². The molecule has 2 aromatic heterocycles. The van der Waals surface area contributed by atoms with Crippen LogP contribution < -0.4 is 4.90 Å². The number of carbonyl (C=O) groups excluding carboxylic acids is 1. The van der Waals surface area contributed by atoms with Crippen LogP contribution in [0.3, 0.4) is 0 Å². The van der Waals surface area contributed by atoms with Crippen molar-refractivity contribution in [3.05, 3.63) is 72.3 Å². The quantitative estimate of drug-likeness (QED) is 0.294. The fraction of sp³-hybridized carbons (Fsp3) is 0.154. The van der Waals surface area contributed by atoms with Crippen LogP contribution in [-0.4, -0.2) is 31.3 Å². The summed E-state index contributed by atoms with van der Waals surface area (Å²) in [5.41, 5.74) is 5.41. The van der Waals surface area contributed by atoms with Gasteiger partial charge in [0.2, 0.25) is 11.1 Å². The number of thioether (sulfide) groups is 1. The Bertz CT molecular complexity index is 1520. The molecule has 0 aliphatic carbocycles. The lowest BCUT2D eigenvalue weighted by atomic mass is 10.2. The van der Waals surface area contributed by atoms with Gasteiger partial charge in [-0.2, -0.15) is 0 Å². The number of aromatic amines is 1. The Labute approximate surface area is 205 Å². The monoisotopic (exact) mass is 483 g/mol. The Morgan fingerprint density at radius 1 is 1.03 bits per heavy atom. The topological polar surface area (TPSA) is 74.8 Å². The van der Waals surface area contributed by atoms with Gasteiger partial charge in [0.15, 0.2) is 5.65 Å². The molecule has 6 rings (SSSR count). The van der Waals surface area contributed by atoms with E-state index in [1.54, 1.807) is 11.8 Å². The van der Waals surface area contributed by atoms with Crippen molar-refractivity contribution in [1.29, 1.82) is 0 Å². The van der Waals surface area contributed by atoms with Crippen LogP contribution in [0.25, 0.3) is 22.1 Å². The number of H-pyrrole nitrogens is 1. The Kier molecular flexibility index (Phi) is 5.27. The molecule has 6 nitrogen and oxygen atoms in total.